The quantitative estimate of drug-likeness (QED) is 0.718. The van der Waals surface area contributed by atoms with Crippen LogP contribution in [0.4, 0.5) is 0 Å². The molecule has 1 aliphatic heterocycles. The summed E-state index contributed by atoms with van der Waals surface area (Å²) in [6.45, 7) is -0.0145. The van der Waals surface area contributed by atoms with Crippen LogP contribution in [0, 0.1) is 0 Å². The third-order valence-electron chi connectivity index (χ3n) is 2.38. The van der Waals surface area contributed by atoms with E-state index in [1.54, 1.807) is 18.2 Å². The molecule has 0 aliphatic carbocycles. The first kappa shape index (κ1) is 10.9. The van der Waals surface area contributed by atoms with E-state index in [0.29, 0.717) is 17.1 Å². The van der Waals surface area contributed by atoms with E-state index < -0.39 is 6.04 Å². The Bertz CT molecular complexity index is 405. The molecule has 0 radical (unpaired) electrons. The maximum Gasteiger partial charge on any atom is 0.231 e. The van der Waals surface area contributed by atoms with Gasteiger partial charge in [-0.1, -0.05) is 0 Å². The lowest BCUT2D eigenvalue weighted by Gasteiger charge is -2.07. The van der Waals surface area contributed by atoms with E-state index in [9.17, 15) is 4.79 Å². The molecule has 5 heteroatoms. The molecule has 5 nitrogen and oxygen atoms in total. The lowest BCUT2D eigenvalue weighted by molar-refractivity contribution is 0.0961. The summed E-state index contributed by atoms with van der Waals surface area (Å²) in [5.74, 6) is 1.10. The van der Waals surface area contributed by atoms with Gasteiger partial charge < -0.3 is 20.3 Å². The van der Waals surface area contributed by atoms with Gasteiger partial charge in [-0.3, -0.25) is 4.79 Å². The Morgan fingerprint density at radius 1 is 1.44 bits per heavy atom. The minimum absolute atomic E-state index is 0.111. The van der Waals surface area contributed by atoms with Gasteiger partial charge >= 0.3 is 0 Å². The number of carbonyl (C=O) groups is 1. The van der Waals surface area contributed by atoms with Crippen LogP contribution in [0.5, 0.6) is 11.5 Å². The number of aliphatic hydroxyl groups excluding tert-OH is 1. The second-order valence-electron chi connectivity index (χ2n) is 3.64. The van der Waals surface area contributed by atoms with Gasteiger partial charge in [-0.2, -0.15) is 0 Å². The maximum absolute atomic E-state index is 11.7. The fourth-order valence-corrected chi connectivity index (χ4v) is 1.49. The van der Waals surface area contributed by atoms with E-state index in [2.05, 4.69) is 0 Å². The lowest BCUT2D eigenvalue weighted by atomic mass is 10.0. The minimum atomic E-state index is -0.516. The third kappa shape index (κ3) is 2.15. The summed E-state index contributed by atoms with van der Waals surface area (Å²) >= 11 is 0. The van der Waals surface area contributed by atoms with Gasteiger partial charge in [-0.05, 0) is 18.2 Å². The SMILES string of the molecule is NC(CO)CC(=O)c1ccc2c(c1)OCO2. The zero-order valence-corrected chi connectivity index (χ0v) is 8.68. The van der Waals surface area contributed by atoms with Gasteiger partial charge in [-0.25, -0.2) is 0 Å². The number of hydrogen-bond acceptors (Lipinski definition) is 5. The summed E-state index contributed by atoms with van der Waals surface area (Å²) in [6.07, 6.45) is 0.121. The summed E-state index contributed by atoms with van der Waals surface area (Å²) in [5, 5.41) is 8.76. The molecular formula is C11H13NO4. The molecule has 0 aromatic heterocycles. The van der Waals surface area contributed by atoms with E-state index in [4.69, 9.17) is 20.3 Å². The third-order valence-corrected chi connectivity index (χ3v) is 2.38. The maximum atomic E-state index is 11.7. The second-order valence-corrected chi connectivity index (χ2v) is 3.64. The minimum Gasteiger partial charge on any atom is -0.454 e. The van der Waals surface area contributed by atoms with Crippen LogP contribution in [0.25, 0.3) is 0 Å². The average molecular weight is 223 g/mol. The van der Waals surface area contributed by atoms with E-state index in [-0.39, 0.29) is 25.6 Å². The zero-order chi connectivity index (χ0) is 11.5. The summed E-state index contributed by atoms with van der Waals surface area (Å²) < 4.78 is 10.3. The van der Waals surface area contributed by atoms with Crippen LogP contribution in [-0.4, -0.2) is 30.3 Å². The van der Waals surface area contributed by atoms with Gasteiger partial charge in [0.2, 0.25) is 6.79 Å². The first-order chi connectivity index (χ1) is 7.70. The first-order valence-electron chi connectivity index (χ1n) is 5.00. The Balaban J connectivity index is 2.12. The van der Waals surface area contributed by atoms with E-state index in [0.717, 1.165) is 0 Å². The highest BCUT2D eigenvalue weighted by Gasteiger charge is 2.17. The average Bonchev–Trinajstić information content (AvgIpc) is 2.75. The van der Waals surface area contributed by atoms with Crippen molar-refractivity contribution >= 4 is 5.78 Å². The van der Waals surface area contributed by atoms with E-state index in [1.807, 2.05) is 0 Å². The summed E-state index contributed by atoms with van der Waals surface area (Å²) in [5.41, 5.74) is 6.02. The monoisotopic (exact) mass is 223 g/mol. The Morgan fingerprint density at radius 3 is 2.94 bits per heavy atom. The molecule has 16 heavy (non-hydrogen) atoms. The second kappa shape index (κ2) is 4.51. The van der Waals surface area contributed by atoms with Crippen molar-refractivity contribution in [2.45, 2.75) is 12.5 Å². The van der Waals surface area contributed by atoms with Crippen LogP contribution >= 0.6 is 0 Å². The van der Waals surface area contributed by atoms with E-state index in [1.165, 1.54) is 0 Å². The van der Waals surface area contributed by atoms with Crippen molar-refractivity contribution in [3.8, 4) is 11.5 Å². The number of nitrogens with two attached hydrogens (primary N) is 1. The van der Waals surface area contributed by atoms with Gasteiger partial charge in [0.15, 0.2) is 17.3 Å². The van der Waals surface area contributed by atoms with Crippen molar-refractivity contribution in [1.29, 1.82) is 0 Å². The van der Waals surface area contributed by atoms with Crippen LogP contribution in [0.15, 0.2) is 18.2 Å². The van der Waals surface area contributed by atoms with Crippen LogP contribution in [0.1, 0.15) is 16.8 Å². The molecule has 1 aliphatic rings. The number of ketones is 1. The lowest BCUT2D eigenvalue weighted by Crippen LogP contribution is -2.27. The molecule has 1 aromatic rings. The fourth-order valence-electron chi connectivity index (χ4n) is 1.49. The molecule has 1 unspecified atom stereocenters. The van der Waals surface area contributed by atoms with Gasteiger partial charge in [0, 0.05) is 18.0 Å². The summed E-state index contributed by atoms with van der Waals surface area (Å²) in [4.78, 5) is 11.7. The Kier molecular flexibility index (Phi) is 3.07. The van der Waals surface area contributed by atoms with Crippen molar-refractivity contribution < 1.29 is 19.4 Å². The van der Waals surface area contributed by atoms with Gasteiger partial charge in [0.25, 0.3) is 0 Å². The predicted octanol–water partition coefficient (Wildman–Crippen LogP) is 0.308. The standard InChI is InChI=1S/C11H13NO4/c12-8(5-13)4-9(14)7-1-2-10-11(3-7)16-6-15-10/h1-3,8,13H,4-6,12H2. The summed E-state index contributed by atoms with van der Waals surface area (Å²) in [6, 6.07) is 4.48. The molecule has 1 atom stereocenters. The van der Waals surface area contributed by atoms with Gasteiger partial charge in [0.05, 0.1) is 6.61 Å². The number of carbonyl (C=O) groups excluding carboxylic acids is 1. The highest BCUT2D eigenvalue weighted by molar-refractivity contribution is 5.97. The number of rotatable bonds is 4. The highest BCUT2D eigenvalue weighted by atomic mass is 16.7. The highest BCUT2D eigenvalue weighted by Crippen LogP contribution is 2.32. The molecule has 0 bridgehead atoms. The largest absolute Gasteiger partial charge is 0.454 e. The Labute approximate surface area is 92.8 Å². The van der Waals surface area contributed by atoms with Crippen molar-refractivity contribution in [1.82, 2.24) is 0 Å². The van der Waals surface area contributed by atoms with E-state index >= 15 is 0 Å². The van der Waals surface area contributed by atoms with Crippen LogP contribution < -0.4 is 15.2 Å². The number of benzene rings is 1. The molecule has 86 valence electrons. The van der Waals surface area contributed by atoms with Crippen LogP contribution in [0.3, 0.4) is 0 Å². The zero-order valence-electron chi connectivity index (χ0n) is 8.68. The Morgan fingerprint density at radius 2 is 2.19 bits per heavy atom. The molecular weight excluding hydrogens is 210 g/mol. The number of fused-ring (bicyclic) bond motifs is 1. The van der Waals surface area contributed by atoms with Gasteiger partial charge in [-0.15, -0.1) is 0 Å². The Hall–Kier alpha value is -1.59. The summed E-state index contributed by atoms with van der Waals surface area (Å²) in [7, 11) is 0. The topological polar surface area (TPSA) is 81.8 Å². The molecule has 1 heterocycles. The first-order valence-corrected chi connectivity index (χ1v) is 5.00. The molecule has 1 aromatic carbocycles. The van der Waals surface area contributed by atoms with Crippen molar-refractivity contribution in [3.05, 3.63) is 23.8 Å². The molecule has 0 saturated carbocycles. The smallest absolute Gasteiger partial charge is 0.231 e. The molecule has 0 spiro atoms. The molecule has 0 amide bonds. The molecule has 2 rings (SSSR count). The molecule has 3 N–H and O–H groups in total. The van der Waals surface area contributed by atoms with Crippen molar-refractivity contribution in [2.24, 2.45) is 5.73 Å². The fraction of sp³-hybridized carbons (Fsp3) is 0.364. The van der Waals surface area contributed by atoms with Crippen LogP contribution in [0.2, 0.25) is 0 Å². The molecule has 0 fully saturated rings. The number of Topliss-reactive ketones (excluding diaryl/α,β-unsaturated/α-hetero) is 1. The number of hydrogen-bond donors (Lipinski definition) is 2. The van der Waals surface area contributed by atoms with Crippen molar-refractivity contribution in [2.75, 3.05) is 13.4 Å². The van der Waals surface area contributed by atoms with Gasteiger partial charge in [0.1, 0.15) is 0 Å². The predicted molar refractivity (Wildman–Crippen MR) is 56.6 cm³/mol. The van der Waals surface area contributed by atoms with Crippen molar-refractivity contribution in [3.63, 3.8) is 0 Å². The normalized spacial score (nSPS) is 14.9. The number of aliphatic hydroxyl groups is 1. The molecule has 0 saturated heterocycles. The van der Waals surface area contributed by atoms with Crippen LogP contribution in [-0.2, 0) is 0 Å². The number of ether oxygens (including phenoxy) is 2.